The molecule has 0 bridgehead atoms. The number of rotatable bonds is 7. The molecule has 5 nitrogen and oxygen atoms in total. The van der Waals surface area contributed by atoms with Gasteiger partial charge in [-0.05, 0) is 61.7 Å². The van der Waals surface area contributed by atoms with Gasteiger partial charge in [0.05, 0.1) is 6.61 Å². The van der Waals surface area contributed by atoms with E-state index >= 15 is 0 Å². The lowest BCUT2D eigenvalue weighted by Crippen LogP contribution is -2.02. The first kappa shape index (κ1) is 18.7. The van der Waals surface area contributed by atoms with Crippen LogP contribution in [0.2, 0.25) is 0 Å². The zero-order chi connectivity index (χ0) is 19.2. The van der Waals surface area contributed by atoms with E-state index in [0.29, 0.717) is 18.5 Å². The Morgan fingerprint density at radius 1 is 0.889 bits per heavy atom. The number of nitrogens with one attached hydrogen (secondary N) is 2. The zero-order valence-corrected chi connectivity index (χ0v) is 16.3. The van der Waals surface area contributed by atoms with Gasteiger partial charge in [-0.2, -0.15) is 4.98 Å². The summed E-state index contributed by atoms with van der Waals surface area (Å²) in [5.41, 5.74) is 4.12. The predicted molar refractivity (Wildman–Crippen MR) is 111 cm³/mol. The monoisotopic (exact) mass is 362 g/mol. The maximum atomic E-state index is 5.47. The number of ether oxygens (including phenoxy) is 1. The van der Waals surface area contributed by atoms with Crippen molar-refractivity contribution in [1.29, 1.82) is 0 Å². The van der Waals surface area contributed by atoms with Crippen molar-refractivity contribution < 1.29 is 4.74 Å². The summed E-state index contributed by atoms with van der Waals surface area (Å²) in [6, 6.07) is 18.1. The Hall–Kier alpha value is -3.08. The summed E-state index contributed by atoms with van der Waals surface area (Å²) < 4.78 is 5.47. The van der Waals surface area contributed by atoms with E-state index in [9.17, 15) is 0 Å². The van der Waals surface area contributed by atoms with Crippen molar-refractivity contribution in [2.24, 2.45) is 0 Å². The summed E-state index contributed by atoms with van der Waals surface area (Å²) in [6.45, 7) is 8.96. The largest absolute Gasteiger partial charge is 0.494 e. The Morgan fingerprint density at radius 3 is 2.15 bits per heavy atom. The summed E-state index contributed by atoms with van der Waals surface area (Å²) in [7, 11) is 0. The van der Waals surface area contributed by atoms with Crippen LogP contribution in [0.15, 0.2) is 54.6 Å². The summed E-state index contributed by atoms with van der Waals surface area (Å²) in [6.07, 6.45) is 0. The number of hydrogen-bond donors (Lipinski definition) is 2. The molecule has 0 fully saturated rings. The highest BCUT2D eigenvalue weighted by Gasteiger charge is 2.05. The third-order valence-electron chi connectivity index (χ3n) is 4.13. The number of aromatic nitrogens is 2. The molecule has 0 radical (unpaired) electrons. The number of hydrogen-bond acceptors (Lipinski definition) is 5. The van der Waals surface area contributed by atoms with Crippen LogP contribution in [0.25, 0.3) is 0 Å². The second kappa shape index (κ2) is 8.54. The Balaban J connectivity index is 1.73. The van der Waals surface area contributed by atoms with Gasteiger partial charge in [-0.1, -0.05) is 26.0 Å². The molecule has 0 saturated carbocycles. The third kappa shape index (κ3) is 5.20. The van der Waals surface area contributed by atoms with E-state index in [1.54, 1.807) is 0 Å². The van der Waals surface area contributed by atoms with E-state index in [-0.39, 0.29) is 0 Å². The molecule has 0 saturated heterocycles. The average Bonchev–Trinajstić information content (AvgIpc) is 2.63. The Morgan fingerprint density at radius 2 is 1.52 bits per heavy atom. The van der Waals surface area contributed by atoms with E-state index < -0.39 is 0 Å². The van der Waals surface area contributed by atoms with E-state index in [1.807, 2.05) is 44.2 Å². The molecule has 1 heterocycles. The van der Waals surface area contributed by atoms with Gasteiger partial charge in [0.15, 0.2) is 0 Å². The van der Waals surface area contributed by atoms with Crippen molar-refractivity contribution in [3.8, 4) is 5.75 Å². The quantitative estimate of drug-likeness (QED) is 0.557. The Kier molecular flexibility index (Phi) is 5.91. The second-order valence-corrected chi connectivity index (χ2v) is 6.70. The lowest BCUT2D eigenvalue weighted by molar-refractivity contribution is 0.340. The van der Waals surface area contributed by atoms with Gasteiger partial charge in [0.25, 0.3) is 0 Å². The van der Waals surface area contributed by atoms with Gasteiger partial charge in [-0.15, -0.1) is 0 Å². The van der Waals surface area contributed by atoms with Gasteiger partial charge in [0.2, 0.25) is 5.95 Å². The molecule has 27 heavy (non-hydrogen) atoms. The SMILES string of the molecule is CCOc1ccc(Nc2nc(C)cc(Nc3ccc(C(C)C)cc3)n2)cc1. The molecule has 2 N–H and O–H groups in total. The summed E-state index contributed by atoms with van der Waals surface area (Å²) in [4.78, 5) is 9.05. The fraction of sp³-hybridized carbons (Fsp3) is 0.273. The molecule has 0 amide bonds. The van der Waals surface area contributed by atoms with Crippen LogP contribution in [0, 0.1) is 6.92 Å². The molecule has 0 atom stereocenters. The molecule has 3 aromatic rings. The minimum absolute atomic E-state index is 0.519. The van der Waals surface area contributed by atoms with E-state index in [2.05, 4.69) is 58.7 Å². The van der Waals surface area contributed by atoms with Crippen molar-refractivity contribution in [3.63, 3.8) is 0 Å². The first-order chi connectivity index (χ1) is 13.0. The highest BCUT2D eigenvalue weighted by molar-refractivity contribution is 5.60. The maximum Gasteiger partial charge on any atom is 0.229 e. The fourth-order valence-corrected chi connectivity index (χ4v) is 2.72. The third-order valence-corrected chi connectivity index (χ3v) is 4.13. The van der Waals surface area contributed by atoms with E-state index in [4.69, 9.17) is 4.74 Å². The molecule has 0 spiro atoms. The first-order valence-corrected chi connectivity index (χ1v) is 9.26. The van der Waals surface area contributed by atoms with Crippen LogP contribution in [-0.4, -0.2) is 16.6 Å². The maximum absolute atomic E-state index is 5.47. The van der Waals surface area contributed by atoms with Gasteiger partial charge in [0, 0.05) is 23.1 Å². The molecule has 0 aliphatic rings. The number of benzene rings is 2. The van der Waals surface area contributed by atoms with Gasteiger partial charge < -0.3 is 15.4 Å². The topological polar surface area (TPSA) is 59.1 Å². The van der Waals surface area contributed by atoms with Crippen molar-refractivity contribution >= 4 is 23.1 Å². The average molecular weight is 362 g/mol. The minimum atomic E-state index is 0.519. The summed E-state index contributed by atoms with van der Waals surface area (Å²) >= 11 is 0. The van der Waals surface area contributed by atoms with Crippen LogP contribution in [0.5, 0.6) is 5.75 Å². The molecule has 3 rings (SSSR count). The number of aryl methyl sites for hydroxylation is 1. The number of anilines is 4. The standard InChI is InChI=1S/C22H26N4O/c1-5-27-20-12-10-19(11-13-20)25-22-23-16(4)14-21(26-22)24-18-8-6-17(7-9-18)15(2)3/h6-15H,5H2,1-4H3,(H2,23,24,25,26). The van der Waals surface area contributed by atoms with Gasteiger partial charge >= 0.3 is 0 Å². The second-order valence-electron chi connectivity index (χ2n) is 6.70. The molecule has 0 unspecified atom stereocenters. The van der Waals surface area contributed by atoms with Crippen LogP contribution in [0.3, 0.4) is 0 Å². The molecule has 140 valence electrons. The van der Waals surface area contributed by atoms with Crippen LogP contribution in [0.4, 0.5) is 23.1 Å². The summed E-state index contributed by atoms with van der Waals surface area (Å²) in [5.74, 6) is 2.68. The highest BCUT2D eigenvalue weighted by atomic mass is 16.5. The zero-order valence-electron chi connectivity index (χ0n) is 16.3. The van der Waals surface area contributed by atoms with E-state index in [1.165, 1.54) is 5.56 Å². The van der Waals surface area contributed by atoms with Crippen LogP contribution >= 0.6 is 0 Å². The van der Waals surface area contributed by atoms with Crippen LogP contribution in [0.1, 0.15) is 37.9 Å². The molecule has 0 aliphatic heterocycles. The molecule has 0 aliphatic carbocycles. The lowest BCUT2D eigenvalue weighted by atomic mass is 10.0. The fourth-order valence-electron chi connectivity index (χ4n) is 2.72. The molecule has 5 heteroatoms. The van der Waals surface area contributed by atoms with Crippen LogP contribution in [-0.2, 0) is 0 Å². The highest BCUT2D eigenvalue weighted by Crippen LogP contribution is 2.22. The minimum Gasteiger partial charge on any atom is -0.494 e. The van der Waals surface area contributed by atoms with Crippen molar-refractivity contribution in [2.75, 3.05) is 17.2 Å². The van der Waals surface area contributed by atoms with E-state index in [0.717, 1.165) is 28.6 Å². The van der Waals surface area contributed by atoms with Crippen molar-refractivity contribution in [3.05, 3.63) is 65.9 Å². The number of nitrogens with zero attached hydrogens (tertiary/aromatic N) is 2. The molecule has 1 aromatic heterocycles. The Bertz CT molecular complexity index is 874. The lowest BCUT2D eigenvalue weighted by Gasteiger charge is -2.11. The molecule has 2 aromatic carbocycles. The van der Waals surface area contributed by atoms with Crippen molar-refractivity contribution in [2.45, 2.75) is 33.6 Å². The van der Waals surface area contributed by atoms with Gasteiger partial charge in [-0.25, -0.2) is 4.98 Å². The first-order valence-electron chi connectivity index (χ1n) is 9.26. The normalized spacial score (nSPS) is 10.7. The van der Waals surface area contributed by atoms with Gasteiger partial charge in [0.1, 0.15) is 11.6 Å². The predicted octanol–water partition coefficient (Wildman–Crippen LogP) is 5.79. The smallest absolute Gasteiger partial charge is 0.229 e. The molecular formula is C22H26N4O. The molecular weight excluding hydrogens is 336 g/mol. The Labute approximate surface area is 160 Å². The summed E-state index contributed by atoms with van der Waals surface area (Å²) in [5, 5.41) is 6.60. The van der Waals surface area contributed by atoms with Gasteiger partial charge in [-0.3, -0.25) is 0 Å². The van der Waals surface area contributed by atoms with Crippen molar-refractivity contribution in [1.82, 2.24) is 9.97 Å². The van der Waals surface area contributed by atoms with Crippen LogP contribution < -0.4 is 15.4 Å².